The van der Waals surface area contributed by atoms with Gasteiger partial charge >= 0.3 is 5.97 Å². The van der Waals surface area contributed by atoms with Gasteiger partial charge in [-0.3, -0.25) is 4.79 Å². The lowest BCUT2D eigenvalue weighted by Crippen LogP contribution is -2.12. The number of esters is 1. The number of hydrogen-bond acceptors (Lipinski definition) is 3. The van der Waals surface area contributed by atoms with E-state index in [2.05, 4.69) is 31.3 Å². The molecule has 4 heteroatoms. The zero-order valence-electron chi connectivity index (χ0n) is 15.7. The Kier molecular flexibility index (Phi) is 6.73. The monoisotopic (exact) mass is 351 g/mol. The maximum atomic E-state index is 12.0. The van der Waals surface area contributed by atoms with Crippen LogP contribution in [0, 0.1) is 0 Å². The molecule has 0 bridgehead atoms. The molecule has 0 saturated heterocycles. The van der Waals surface area contributed by atoms with Crippen molar-refractivity contribution in [2.45, 2.75) is 39.7 Å². The Bertz CT molecular complexity index is 772. The van der Waals surface area contributed by atoms with Gasteiger partial charge in [0, 0.05) is 11.8 Å². The van der Waals surface area contributed by atoms with Gasteiger partial charge in [0.15, 0.2) is 0 Å². The SMILES string of the molecule is CC(C)OC(=O)c1ccc(NC(=O)C=Cc2ccc(C(C)C)cc2)cc1. The van der Waals surface area contributed by atoms with E-state index in [0.717, 1.165) is 5.56 Å². The third kappa shape index (κ3) is 5.88. The maximum Gasteiger partial charge on any atom is 0.338 e. The molecule has 0 aromatic heterocycles. The fourth-order valence-corrected chi connectivity index (χ4v) is 2.32. The van der Waals surface area contributed by atoms with Crippen LogP contribution in [-0.4, -0.2) is 18.0 Å². The Morgan fingerprint density at radius 3 is 2.08 bits per heavy atom. The molecule has 0 saturated carbocycles. The quantitative estimate of drug-likeness (QED) is 0.587. The lowest BCUT2D eigenvalue weighted by molar-refractivity contribution is -0.111. The molecule has 0 fully saturated rings. The van der Waals surface area contributed by atoms with Crippen molar-refractivity contribution in [1.29, 1.82) is 0 Å². The predicted molar refractivity (Wildman–Crippen MR) is 105 cm³/mol. The second kappa shape index (κ2) is 8.99. The molecule has 0 spiro atoms. The number of rotatable bonds is 6. The van der Waals surface area contributed by atoms with Crippen LogP contribution in [0.3, 0.4) is 0 Å². The molecule has 2 rings (SSSR count). The van der Waals surface area contributed by atoms with E-state index in [-0.39, 0.29) is 18.0 Å². The number of carbonyl (C=O) groups excluding carboxylic acids is 2. The van der Waals surface area contributed by atoms with E-state index in [1.165, 1.54) is 11.6 Å². The van der Waals surface area contributed by atoms with Crippen LogP contribution in [0.2, 0.25) is 0 Å². The van der Waals surface area contributed by atoms with Gasteiger partial charge in [-0.2, -0.15) is 0 Å². The highest BCUT2D eigenvalue weighted by Gasteiger charge is 2.09. The zero-order valence-corrected chi connectivity index (χ0v) is 15.7. The van der Waals surface area contributed by atoms with Gasteiger partial charge in [-0.15, -0.1) is 0 Å². The molecule has 26 heavy (non-hydrogen) atoms. The van der Waals surface area contributed by atoms with E-state index in [1.807, 2.05) is 12.1 Å². The molecule has 0 atom stereocenters. The number of anilines is 1. The Labute approximate surface area is 154 Å². The summed E-state index contributed by atoms with van der Waals surface area (Å²) in [6, 6.07) is 14.8. The highest BCUT2D eigenvalue weighted by atomic mass is 16.5. The highest BCUT2D eigenvalue weighted by Crippen LogP contribution is 2.15. The maximum absolute atomic E-state index is 12.0. The lowest BCUT2D eigenvalue weighted by Gasteiger charge is -2.08. The van der Waals surface area contributed by atoms with Gasteiger partial charge in [0.1, 0.15) is 0 Å². The summed E-state index contributed by atoms with van der Waals surface area (Å²) in [7, 11) is 0. The summed E-state index contributed by atoms with van der Waals surface area (Å²) < 4.78 is 5.13. The molecule has 0 aliphatic carbocycles. The summed E-state index contributed by atoms with van der Waals surface area (Å²) >= 11 is 0. The van der Waals surface area contributed by atoms with Crippen LogP contribution in [0.15, 0.2) is 54.6 Å². The minimum absolute atomic E-state index is 0.165. The number of carbonyl (C=O) groups is 2. The van der Waals surface area contributed by atoms with Crippen molar-refractivity contribution in [2.24, 2.45) is 0 Å². The molecule has 0 aliphatic rings. The van der Waals surface area contributed by atoms with Crippen LogP contribution >= 0.6 is 0 Å². The fraction of sp³-hybridized carbons (Fsp3) is 0.273. The summed E-state index contributed by atoms with van der Waals surface area (Å²) in [6.45, 7) is 7.89. The van der Waals surface area contributed by atoms with Crippen LogP contribution in [-0.2, 0) is 9.53 Å². The van der Waals surface area contributed by atoms with Gasteiger partial charge < -0.3 is 10.1 Å². The van der Waals surface area contributed by atoms with Crippen molar-refractivity contribution in [2.75, 3.05) is 5.32 Å². The topological polar surface area (TPSA) is 55.4 Å². The van der Waals surface area contributed by atoms with Crippen LogP contribution < -0.4 is 5.32 Å². The minimum atomic E-state index is -0.373. The first kappa shape index (κ1) is 19.4. The molecule has 4 nitrogen and oxygen atoms in total. The Morgan fingerprint density at radius 1 is 0.923 bits per heavy atom. The van der Waals surface area contributed by atoms with Crippen LogP contribution in [0.4, 0.5) is 5.69 Å². The summed E-state index contributed by atoms with van der Waals surface area (Å²) in [5, 5.41) is 2.77. The van der Waals surface area contributed by atoms with Crippen molar-refractivity contribution in [3.63, 3.8) is 0 Å². The van der Waals surface area contributed by atoms with Crippen LogP contribution in [0.25, 0.3) is 6.08 Å². The summed E-state index contributed by atoms with van der Waals surface area (Å²) in [5.41, 5.74) is 3.31. The first-order valence-corrected chi connectivity index (χ1v) is 8.75. The third-order valence-corrected chi connectivity index (χ3v) is 3.76. The van der Waals surface area contributed by atoms with Gasteiger partial charge in [-0.1, -0.05) is 38.1 Å². The van der Waals surface area contributed by atoms with Crippen LogP contribution in [0.5, 0.6) is 0 Å². The van der Waals surface area contributed by atoms with E-state index in [0.29, 0.717) is 17.2 Å². The minimum Gasteiger partial charge on any atom is -0.459 e. The smallest absolute Gasteiger partial charge is 0.338 e. The van der Waals surface area contributed by atoms with Crippen LogP contribution in [0.1, 0.15) is 55.1 Å². The summed E-state index contributed by atoms with van der Waals surface area (Å²) in [5.74, 6) is -0.116. The molecule has 0 unspecified atom stereocenters. The number of amides is 1. The van der Waals surface area contributed by atoms with Crippen molar-refractivity contribution < 1.29 is 14.3 Å². The van der Waals surface area contributed by atoms with Gasteiger partial charge in [-0.05, 0) is 61.2 Å². The number of benzene rings is 2. The Morgan fingerprint density at radius 2 is 1.54 bits per heavy atom. The first-order chi connectivity index (χ1) is 12.3. The average molecular weight is 351 g/mol. The molecular formula is C22H25NO3. The number of nitrogens with one attached hydrogen (secondary N) is 1. The average Bonchev–Trinajstić information content (AvgIpc) is 2.60. The van der Waals surface area contributed by atoms with Crippen molar-refractivity contribution >= 4 is 23.6 Å². The largest absolute Gasteiger partial charge is 0.459 e. The van der Waals surface area contributed by atoms with E-state index in [4.69, 9.17) is 4.74 Å². The molecule has 0 radical (unpaired) electrons. The van der Waals surface area contributed by atoms with Gasteiger partial charge in [0.25, 0.3) is 0 Å². The van der Waals surface area contributed by atoms with Crippen molar-refractivity contribution in [3.05, 3.63) is 71.3 Å². The zero-order chi connectivity index (χ0) is 19.1. The summed E-state index contributed by atoms with van der Waals surface area (Å²) in [4.78, 5) is 23.8. The van der Waals surface area contributed by atoms with Gasteiger partial charge in [-0.25, -0.2) is 4.79 Å². The Balaban J connectivity index is 1.93. The fourth-order valence-electron chi connectivity index (χ4n) is 2.32. The number of ether oxygens (including phenoxy) is 1. The summed E-state index contributed by atoms with van der Waals surface area (Å²) in [6.07, 6.45) is 3.10. The molecule has 2 aromatic carbocycles. The second-order valence-electron chi connectivity index (χ2n) is 6.68. The standard InChI is InChI=1S/C22H25NO3/c1-15(2)18-8-5-17(6-9-18)7-14-21(24)23-20-12-10-19(11-13-20)22(25)26-16(3)4/h5-16H,1-4H3,(H,23,24). The van der Waals surface area contributed by atoms with Crippen molar-refractivity contribution in [1.82, 2.24) is 0 Å². The van der Waals surface area contributed by atoms with Crippen molar-refractivity contribution in [3.8, 4) is 0 Å². The molecule has 1 amide bonds. The van der Waals surface area contributed by atoms with E-state index >= 15 is 0 Å². The van der Waals surface area contributed by atoms with Gasteiger partial charge in [0.05, 0.1) is 11.7 Å². The van der Waals surface area contributed by atoms with E-state index < -0.39 is 0 Å². The normalized spacial score (nSPS) is 11.2. The Hall–Kier alpha value is -2.88. The predicted octanol–water partition coefficient (Wildman–Crippen LogP) is 5.03. The molecule has 2 aromatic rings. The third-order valence-electron chi connectivity index (χ3n) is 3.76. The number of hydrogen-bond donors (Lipinski definition) is 1. The molecule has 0 heterocycles. The lowest BCUT2D eigenvalue weighted by atomic mass is 10.0. The van der Waals surface area contributed by atoms with E-state index in [1.54, 1.807) is 44.2 Å². The molecule has 136 valence electrons. The highest BCUT2D eigenvalue weighted by molar-refractivity contribution is 6.02. The molecule has 1 N–H and O–H groups in total. The van der Waals surface area contributed by atoms with Gasteiger partial charge in [0.2, 0.25) is 5.91 Å². The molecule has 0 aliphatic heterocycles. The molecular weight excluding hydrogens is 326 g/mol. The first-order valence-electron chi connectivity index (χ1n) is 8.75. The second-order valence-corrected chi connectivity index (χ2v) is 6.68. The van der Waals surface area contributed by atoms with E-state index in [9.17, 15) is 9.59 Å².